The first kappa shape index (κ1) is 18.0. The van der Waals surface area contributed by atoms with Gasteiger partial charge in [-0.15, -0.1) is 0 Å². The minimum atomic E-state index is -0.131. The molecule has 2 unspecified atom stereocenters. The normalized spacial score (nSPS) is 14.7. The molecule has 0 aromatic rings. The van der Waals surface area contributed by atoms with Crippen LogP contribution in [0, 0.1) is 5.92 Å². The van der Waals surface area contributed by atoms with Crippen molar-refractivity contribution >= 4 is 0 Å². The van der Waals surface area contributed by atoms with Gasteiger partial charge in [0.15, 0.2) is 0 Å². The fraction of sp³-hybridized carbons (Fsp3) is 1.00. The molecule has 110 valence electrons. The minimum absolute atomic E-state index is 0.131. The summed E-state index contributed by atoms with van der Waals surface area (Å²) >= 11 is 0. The quantitative estimate of drug-likeness (QED) is 0.419. The maximum atomic E-state index is 9.38. The predicted molar refractivity (Wildman–Crippen MR) is 81.9 cm³/mol. The summed E-state index contributed by atoms with van der Waals surface area (Å²) in [7, 11) is 0. The van der Waals surface area contributed by atoms with Crippen LogP contribution in [0.5, 0.6) is 0 Å². The lowest BCUT2D eigenvalue weighted by atomic mass is 9.97. The van der Waals surface area contributed by atoms with Crippen molar-refractivity contribution in [1.29, 1.82) is 0 Å². The molecule has 0 bridgehead atoms. The average molecular weight is 256 g/mol. The lowest BCUT2D eigenvalue weighted by Crippen LogP contribution is -2.12. The molecule has 0 heterocycles. The van der Waals surface area contributed by atoms with E-state index in [1.54, 1.807) is 0 Å². The summed E-state index contributed by atoms with van der Waals surface area (Å²) in [5.41, 5.74) is 0. The molecule has 0 saturated carbocycles. The van der Waals surface area contributed by atoms with Crippen LogP contribution in [0.15, 0.2) is 0 Å². The molecule has 1 nitrogen and oxygen atoms in total. The summed E-state index contributed by atoms with van der Waals surface area (Å²) in [5, 5.41) is 9.38. The first-order chi connectivity index (χ1) is 8.68. The summed E-state index contributed by atoms with van der Waals surface area (Å²) in [6, 6.07) is 0. The van der Waals surface area contributed by atoms with Crippen LogP contribution in [-0.4, -0.2) is 11.2 Å². The van der Waals surface area contributed by atoms with Gasteiger partial charge in [0.05, 0.1) is 6.10 Å². The molecule has 0 spiro atoms. The Balaban J connectivity index is 3.03. The van der Waals surface area contributed by atoms with Crippen molar-refractivity contribution in [2.75, 3.05) is 0 Å². The molecule has 0 radical (unpaired) electrons. The van der Waals surface area contributed by atoms with Crippen LogP contribution < -0.4 is 0 Å². The van der Waals surface area contributed by atoms with Crippen molar-refractivity contribution < 1.29 is 5.11 Å². The van der Waals surface area contributed by atoms with Gasteiger partial charge in [-0.2, -0.15) is 0 Å². The molecule has 0 rings (SSSR count). The van der Waals surface area contributed by atoms with Crippen LogP contribution in [0.4, 0.5) is 0 Å². The van der Waals surface area contributed by atoms with Crippen LogP contribution in [0.3, 0.4) is 0 Å². The Kier molecular flexibility index (Phi) is 13.4. The van der Waals surface area contributed by atoms with E-state index in [-0.39, 0.29) is 6.10 Å². The second kappa shape index (κ2) is 13.4. The van der Waals surface area contributed by atoms with E-state index in [2.05, 4.69) is 13.8 Å². The second-order valence-electron chi connectivity index (χ2n) is 6.04. The van der Waals surface area contributed by atoms with E-state index < -0.39 is 0 Å². The number of aliphatic hydroxyl groups excluding tert-OH is 1. The summed E-state index contributed by atoms with van der Waals surface area (Å²) in [6.07, 6.45) is 16.5. The maximum absolute atomic E-state index is 9.38. The topological polar surface area (TPSA) is 20.2 Å². The molecule has 0 aliphatic rings. The highest BCUT2D eigenvalue weighted by atomic mass is 16.3. The van der Waals surface area contributed by atoms with Crippen molar-refractivity contribution in [2.24, 2.45) is 5.92 Å². The Morgan fingerprint density at radius 1 is 0.667 bits per heavy atom. The average Bonchev–Trinajstić information content (AvgIpc) is 2.35. The largest absolute Gasteiger partial charge is 0.393 e. The van der Waals surface area contributed by atoms with Gasteiger partial charge in [0.25, 0.3) is 0 Å². The number of unbranched alkanes of at least 4 members (excludes halogenated alkanes) is 10. The van der Waals surface area contributed by atoms with Gasteiger partial charge in [-0.1, -0.05) is 84.5 Å². The minimum Gasteiger partial charge on any atom is -0.393 e. The molecule has 0 saturated heterocycles. The SMILES string of the molecule is CCCCCCCCCCCCCC(C)C(C)O. The Labute approximate surface area is 115 Å². The maximum Gasteiger partial charge on any atom is 0.0537 e. The molecular formula is C17H36O. The van der Waals surface area contributed by atoms with Crippen LogP contribution >= 0.6 is 0 Å². The fourth-order valence-corrected chi connectivity index (χ4v) is 2.37. The summed E-state index contributed by atoms with van der Waals surface area (Å²) < 4.78 is 0. The first-order valence-corrected chi connectivity index (χ1v) is 8.36. The van der Waals surface area contributed by atoms with Crippen LogP contribution in [0.25, 0.3) is 0 Å². The summed E-state index contributed by atoms with van der Waals surface area (Å²) in [5.74, 6) is 0.476. The van der Waals surface area contributed by atoms with Crippen molar-refractivity contribution in [3.63, 3.8) is 0 Å². The Bertz CT molecular complexity index is 154. The van der Waals surface area contributed by atoms with E-state index in [4.69, 9.17) is 0 Å². The third-order valence-electron chi connectivity index (χ3n) is 4.09. The highest BCUT2D eigenvalue weighted by molar-refractivity contribution is 4.59. The smallest absolute Gasteiger partial charge is 0.0537 e. The van der Waals surface area contributed by atoms with Gasteiger partial charge < -0.3 is 5.11 Å². The van der Waals surface area contributed by atoms with E-state index in [1.165, 1.54) is 77.0 Å². The second-order valence-corrected chi connectivity index (χ2v) is 6.04. The van der Waals surface area contributed by atoms with Crippen molar-refractivity contribution in [2.45, 2.75) is 104 Å². The third kappa shape index (κ3) is 12.4. The number of hydrogen-bond donors (Lipinski definition) is 1. The van der Waals surface area contributed by atoms with Gasteiger partial charge >= 0.3 is 0 Å². The number of rotatable bonds is 13. The van der Waals surface area contributed by atoms with E-state index in [1.807, 2.05) is 6.92 Å². The monoisotopic (exact) mass is 256 g/mol. The molecule has 0 fully saturated rings. The molecule has 0 aliphatic heterocycles. The highest BCUT2D eigenvalue weighted by Crippen LogP contribution is 2.15. The highest BCUT2D eigenvalue weighted by Gasteiger charge is 2.07. The standard InChI is InChI=1S/C17H36O/c1-4-5-6-7-8-9-10-11-12-13-14-15-16(2)17(3)18/h16-18H,4-15H2,1-3H3. The van der Waals surface area contributed by atoms with Gasteiger partial charge in [0, 0.05) is 0 Å². The molecular weight excluding hydrogens is 220 g/mol. The Hall–Kier alpha value is -0.0400. The summed E-state index contributed by atoms with van der Waals surface area (Å²) in [4.78, 5) is 0. The number of aliphatic hydroxyl groups is 1. The molecule has 2 atom stereocenters. The zero-order valence-electron chi connectivity index (χ0n) is 13.1. The summed E-state index contributed by atoms with van der Waals surface area (Å²) in [6.45, 7) is 6.34. The molecule has 0 amide bonds. The molecule has 1 N–H and O–H groups in total. The van der Waals surface area contributed by atoms with Gasteiger partial charge in [-0.3, -0.25) is 0 Å². The fourth-order valence-electron chi connectivity index (χ4n) is 2.37. The molecule has 18 heavy (non-hydrogen) atoms. The lowest BCUT2D eigenvalue weighted by Gasteiger charge is -2.13. The van der Waals surface area contributed by atoms with Crippen molar-refractivity contribution in [1.82, 2.24) is 0 Å². The Morgan fingerprint density at radius 2 is 1.06 bits per heavy atom. The lowest BCUT2D eigenvalue weighted by molar-refractivity contribution is 0.128. The van der Waals surface area contributed by atoms with E-state index in [0.29, 0.717) is 5.92 Å². The Morgan fingerprint density at radius 3 is 1.44 bits per heavy atom. The van der Waals surface area contributed by atoms with Crippen molar-refractivity contribution in [3.8, 4) is 0 Å². The van der Waals surface area contributed by atoms with Gasteiger partial charge in [-0.25, -0.2) is 0 Å². The third-order valence-corrected chi connectivity index (χ3v) is 4.09. The zero-order chi connectivity index (χ0) is 13.6. The van der Waals surface area contributed by atoms with Crippen LogP contribution in [0.1, 0.15) is 97.8 Å². The zero-order valence-corrected chi connectivity index (χ0v) is 13.1. The first-order valence-electron chi connectivity index (χ1n) is 8.36. The predicted octanol–water partition coefficient (Wildman–Crippen LogP) is 5.70. The van der Waals surface area contributed by atoms with Crippen LogP contribution in [-0.2, 0) is 0 Å². The van der Waals surface area contributed by atoms with E-state index in [9.17, 15) is 5.11 Å². The van der Waals surface area contributed by atoms with Crippen LogP contribution in [0.2, 0.25) is 0 Å². The molecule has 1 heteroatoms. The van der Waals surface area contributed by atoms with Gasteiger partial charge in [-0.05, 0) is 19.3 Å². The van der Waals surface area contributed by atoms with Gasteiger partial charge in [0.2, 0.25) is 0 Å². The van der Waals surface area contributed by atoms with Crippen molar-refractivity contribution in [3.05, 3.63) is 0 Å². The molecule has 0 aromatic heterocycles. The molecule has 0 aliphatic carbocycles. The van der Waals surface area contributed by atoms with Gasteiger partial charge in [0.1, 0.15) is 0 Å². The number of hydrogen-bond acceptors (Lipinski definition) is 1. The van der Waals surface area contributed by atoms with E-state index in [0.717, 1.165) is 0 Å². The molecule has 0 aromatic carbocycles. The van der Waals surface area contributed by atoms with E-state index >= 15 is 0 Å².